The number of aryl methyl sites for hydroxylation is 1. The Morgan fingerprint density at radius 3 is 2.45 bits per heavy atom. The van der Waals surface area contributed by atoms with Gasteiger partial charge in [-0.15, -0.1) is 12.4 Å². The van der Waals surface area contributed by atoms with E-state index in [1.807, 2.05) is 19.1 Å². The van der Waals surface area contributed by atoms with Crippen molar-refractivity contribution in [3.63, 3.8) is 0 Å². The van der Waals surface area contributed by atoms with Crippen LogP contribution in [0.1, 0.15) is 35.3 Å². The molecule has 10 heteroatoms. The van der Waals surface area contributed by atoms with E-state index in [0.29, 0.717) is 40.6 Å². The molecule has 3 aromatic rings. The number of nitro benzene ring substituents is 1. The molecule has 0 unspecified atom stereocenters. The Labute approximate surface area is 203 Å². The van der Waals surface area contributed by atoms with E-state index in [9.17, 15) is 14.9 Å². The van der Waals surface area contributed by atoms with Crippen LogP contribution < -0.4 is 9.64 Å². The second kappa shape index (κ2) is 11.4. The average Bonchev–Trinajstić information content (AvgIpc) is 3.22. The van der Waals surface area contributed by atoms with Crippen LogP contribution in [0.2, 0.25) is 0 Å². The second-order valence-corrected chi connectivity index (χ2v) is 8.43. The van der Waals surface area contributed by atoms with Gasteiger partial charge in [-0.05, 0) is 44.6 Å². The molecular weight excluding hydrogens is 464 g/mol. The van der Waals surface area contributed by atoms with Crippen molar-refractivity contribution in [1.82, 2.24) is 9.88 Å². The van der Waals surface area contributed by atoms with E-state index in [2.05, 4.69) is 18.7 Å². The van der Waals surface area contributed by atoms with Gasteiger partial charge in [-0.2, -0.15) is 0 Å². The summed E-state index contributed by atoms with van der Waals surface area (Å²) < 4.78 is 6.43. The van der Waals surface area contributed by atoms with Crippen molar-refractivity contribution in [2.24, 2.45) is 0 Å². The lowest BCUT2D eigenvalue weighted by atomic mass is 10.1. The fraction of sp³-hybridized carbons (Fsp3) is 0.391. The molecule has 0 fully saturated rings. The van der Waals surface area contributed by atoms with Crippen LogP contribution in [0, 0.1) is 24.0 Å². The minimum atomic E-state index is -0.460. The van der Waals surface area contributed by atoms with Crippen LogP contribution in [0.25, 0.3) is 10.2 Å². The van der Waals surface area contributed by atoms with Crippen molar-refractivity contribution in [3.05, 3.63) is 57.1 Å². The number of carbonyl (C=O) groups excluding carboxylic acids is 1. The molecule has 3 rings (SSSR count). The van der Waals surface area contributed by atoms with E-state index < -0.39 is 4.92 Å². The molecule has 0 saturated carbocycles. The Morgan fingerprint density at radius 2 is 1.85 bits per heavy atom. The lowest BCUT2D eigenvalue weighted by molar-refractivity contribution is -0.385. The zero-order chi connectivity index (χ0) is 23.4. The van der Waals surface area contributed by atoms with E-state index in [1.165, 1.54) is 17.4 Å². The van der Waals surface area contributed by atoms with Gasteiger partial charge in [0.1, 0.15) is 11.3 Å². The minimum absolute atomic E-state index is 0. The molecule has 0 spiro atoms. The number of hydrogen-bond donors (Lipinski definition) is 0. The molecule has 0 radical (unpaired) electrons. The van der Waals surface area contributed by atoms with Crippen molar-refractivity contribution < 1.29 is 14.5 Å². The van der Waals surface area contributed by atoms with Gasteiger partial charge in [0.15, 0.2) is 5.13 Å². The number of methoxy groups -OCH3 is 1. The summed E-state index contributed by atoms with van der Waals surface area (Å²) in [5.41, 5.74) is 2.35. The number of thiazole rings is 1. The van der Waals surface area contributed by atoms with E-state index >= 15 is 0 Å². The molecule has 0 atom stereocenters. The summed E-state index contributed by atoms with van der Waals surface area (Å²) in [4.78, 5) is 33.2. The third-order valence-electron chi connectivity index (χ3n) is 5.65. The molecule has 0 aliphatic heterocycles. The molecular formula is C23H29ClN4O4S. The highest BCUT2D eigenvalue weighted by atomic mass is 35.5. The standard InChI is InChI=1S/C23H28N4O4S.ClH/c1-6-25(7-2)13-14-26(22(28)17-9-8-10-18(16(17)4)27(29)30)23-24-20-19(31-5)12-11-15(3)21(20)32-23;/h8-12H,6-7,13-14H2,1-5H3;1H. The molecule has 0 saturated heterocycles. The Balaban J connectivity index is 0.00000385. The quantitative estimate of drug-likeness (QED) is 0.300. The molecule has 178 valence electrons. The maximum Gasteiger partial charge on any atom is 0.273 e. The third kappa shape index (κ3) is 5.43. The van der Waals surface area contributed by atoms with Crippen LogP contribution in [-0.4, -0.2) is 54.0 Å². The molecule has 0 aliphatic carbocycles. The first-order chi connectivity index (χ1) is 15.3. The SMILES string of the molecule is CCN(CC)CCN(C(=O)c1cccc([N+](=O)[O-])c1C)c1nc2c(OC)ccc(C)c2s1.Cl. The first kappa shape index (κ1) is 26.5. The number of benzene rings is 2. The van der Waals surface area contributed by atoms with Crippen molar-refractivity contribution in [2.75, 3.05) is 38.2 Å². The summed E-state index contributed by atoms with van der Waals surface area (Å²) in [6, 6.07) is 8.43. The maximum absolute atomic E-state index is 13.7. The monoisotopic (exact) mass is 492 g/mol. The Kier molecular flexibility index (Phi) is 9.16. The van der Waals surface area contributed by atoms with Crippen LogP contribution in [0.3, 0.4) is 0 Å². The smallest absolute Gasteiger partial charge is 0.273 e. The van der Waals surface area contributed by atoms with Gasteiger partial charge in [0.2, 0.25) is 0 Å². The summed E-state index contributed by atoms with van der Waals surface area (Å²) in [5, 5.41) is 12.0. The lowest BCUT2D eigenvalue weighted by Crippen LogP contribution is -2.39. The predicted octanol–water partition coefficient (Wildman–Crippen LogP) is 5.24. The fourth-order valence-electron chi connectivity index (χ4n) is 3.64. The highest BCUT2D eigenvalue weighted by molar-refractivity contribution is 7.22. The number of amides is 1. The van der Waals surface area contributed by atoms with Crippen LogP contribution in [0.4, 0.5) is 10.8 Å². The topological polar surface area (TPSA) is 88.8 Å². The van der Waals surface area contributed by atoms with Crippen molar-refractivity contribution >= 4 is 50.7 Å². The zero-order valence-corrected chi connectivity index (χ0v) is 21.1. The summed E-state index contributed by atoms with van der Waals surface area (Å²) in [7, 11) is 1.60. The number of nitro groups is 1. The number of halogens is 1. The van der Waals surface area contributed by atoms with Gasteiger partial charge in [-0.25, -0.2) is 4.98 Å². The normalized spacial score (nSPS) is 10.8. The number of aromatic nitrogens is 1. The number of hydrogen-bond acceptors (Lipinski definition) is 7. The van der Waals surface area contributed by atoms with Crippen LogP contribution >= 0.6 is 23.7 Å². The van der Waals surface area contributed by atoms with Crippen LogP contribution in [-0.2, 0) is 0 Å². The molecule has 8 nitrogen and oxygen atoms in total. The lowest BCUT2D eigenvalue weighted by Gasteiger charge is -2.25. The van der Waals surface area contributed by atoms with Gasteiger partial charge in [0, 0.05) is 30.3 Å². The van der Waals surface area contributed by atoms with Gasteiger partial charge in [0.05, 0.1) is 16.7 Å². The predicted molar refractivity (Wildman–Crippen MR) is 135 cm³/mol. The number of carbonyl (C=O) groups is 1. The maximum atomic E-state index is 13.7. The molecule has 0 aliphatic rings. The molecule has 1 aromatic heterocycles. The van der Waals surface area contributed by atoms with Crippen molar-refractivity contribution in [3.8, 4) is 5.75 Å². The summed E-state index contributed by atoms with van der Waals surface area (Å²) in [5.74, 6) is 0.352. The summed E-state index contributed by atoms with van der Waals surface area (Å²) in [6.07, 6.45) is 0. The Morgan fingerprint density at radius 1 is 1.15 bits per heavy atom. The first-order valence-corrected chi connectivity index (χ1v) is 11.4. The van der Waals surface area contributed by atoms with Crippen LogP contribution in [0.15, 0.2) is 30.3 Å². The van der Waals surface area contributed by atoms with Gasteiger partial charge in [-0.1, -0.05) is 37.3 Å². The van der Waals surface area contributed by atoms with E-state index in [0.717, 1.165) is 23.4 Å². The minimum Gasteiger partial charge on any atom is -0.494 e. The first-order valence-electron chi connectivity index (χ1n) is 10.5. The van der Waals surface area contributed by atoms with Crippen molar-refractivity contribution in [2.45, 2.75) is 27.7 Å². The second-order valence-electron chi connectivity index (χ2n) is 7.45. The number of fused-ring (bicyclic) bond motifs is 1. The van der Waals surface area contributed by atoms with E-state index in [4.69, 9.17) is 9.72 Å². The molecule has 0 N–H and O–H groups in total. The number of anilines is 1. The van der Waals surface area contributed by atoms with Gasteiger partial charge >= 0.3 is 0 Å². The van der Waals surface area contributed by atoms with Crippen LogP contribution in [0.5, 0.6) is 5.75 Å². The highest BCUT2D eigenvalue weighted by Gasteiger charge is 2.26. The van der Waals surface area contributed by atoms with Crippen molar-refractivity contribution in [1.29, 1.82) is 0 Å². The fourth-order valence-corrected chi connectivity index (χ4v) is 4.72. The number of rotatable bonds is 9. The summed E-state index contributed by atoms with van der Waals surface area (Å²) >= 11 is 1.43. The van der Waals surface area contributed by atoms with E-state index in [1.54, 1.807) is 31.1 Å². The zero-order valence-electron chi connectivity index (χ0n) is 19.5. The summed E-state index contributed by atoms with van der Waals surface area (Å²) in [6.45, 7) is 10.6. The number of ether oxygens (including phenoxy) is 1. The molecule has 33 heavy (non-hydrogen) atoms. The average molecular weight is 493 g/mol. The van der Waals surface area contributed by atoms with Gasteiger partial charge < -0.3 is 9.64 Å². The Bertz CT molecular complexity index is 1150. The highest BCUT2D eigenvalue weighted by Crippen LogP contribution is 2.37. The number of likely N-dealkylation sites (N-methyl/N-ethyl adjacent to an activating group) is 1. The van der Waals surface area contributed by atoms with Gasteiger partial charge in [-0.3, -0.25) is 19.8 Å². The molecule has 1 amide bonds. The Hall–Kier alpha value is -2.75. The third-order valence-corrected chi connectivity index (χ3v) is 6.87. The molecule has 2 aromatic carbocycles. The van der Waals surface area contributed by atoms with Gasteiger partial charge in [0.25, 0.3) is 11.6 Å². The van der Waals surface area contributed by atoms with E-state index in [-0.39, 0.29) is 24.0 Å². The largest absolute Gasteiger partial charge is 0.494 e. The molecule has 0 bridgehead atoms. The number of nitrogens with zero attached hydrogens (tertiary/aromatic N) is 4. The molecule has 1 heterocycles.